The maximum absolute atomic E-state index is 6.74. The number of rotatable bonds is 8. The summed E-state index contributed by atoms with van der Waals surface area (Å²) in [5.74, 6) is 0.309. The minimum absolute atomic E-state index is 0.113. The van der Waals surface area contributed by atoms with Gasteiger partial charge in [0.25, 0.3) is 0 Å². The lowest BCUT2D eigenvalue weighted by molar-refractivity contribution is 0.669. The number of furan rings is 2. The fraction of sp³-hybridized carbons (Fsp3) is 0.0189. The van der Waals surface area contributed by atoms with Crippen LogP contribution in [0.5, 0.6) is 0 Å². The van der Waals surface area contributed by atoms with Gasteiger partial charge < -0.3 is 18.0 Å². The first kappa shape index (κ1) is 61.9. The van der Waals surface area contributed by atoms with Gasteiger partial charge in [-0.15, -0.1) is 0 Å². The van der Waals surface area contributed by atoms with Crippen LogP contribution in [0.4, 0.5) is 0 Å². The zero-order valence-corrected chi connectivity index (χ0v) is 59.8. The van der Waals surface area contributed by atoms with E-state index in [1.165, 1.54) is 171 Å². The second kappa shape index (κ2) is 24.6. The zero-order valence-electron chi connectivity index (χ0n) is 59.8. The van der Waals surface area contributed by atoms with Crippen molar-refractivity contribution in [3.63, 3.8) is 0 Å². The predicted molar refractivity (Wildman–Crippen MR) is 459 cm³/mol. The van der Waals surface area contributed by atoms with Crippen LogP contribution in [0.15, 0.2) is 397 Å². The maximum Gasteiger partial charge on any atom is 0.143 e. The van der Waals surface area contributed by atoms with Crippen molar-refractivity contribution in [2.45, 2.75) is 11.8 Å². The van der Waals surface area contributed by atoms with Crippen LogP contribution in [-0.2, 0) is 0 Å². The molecule has 2 aliphatic carbocycles. The third-order valence-corrected chi connectivity index (χ3v) is 23.7. The fourth-order valence-electron chi connectivity index (χ4n) is 18.6. The Hall–Kier alpha value is -14.3. The lowest BCUT2D eigenvalue weighted by atomic mass is 9.87. The minimum atomic E-state index is 0.113. The quantitative estimate of drug-likeness (QED) is 0.152. The lowest BCUT2D eigenvalue weighted by Gasteiger charge is -2.16. The van der Waals surface area contributed by atoms with Gasteiger partial charge in [0.05, 0.1) is 22.1 Å². The number of hydrogen-bond acceptors (Lipinski definition) is 2. The molecule has 4 heteroatoms. The molecule has 2 unspecified atom stereocenters. The van der Waals surface area contributed by atoms with Crippen LogP contribution in [0.25, 0.3) is 187 Å². The molecule has 512 valence electrons. The molecule has 4 aromatic heterocycles. The Labute approximate surface area is 634 Å². The first-order valence-electron chi connectivity index (χ1n) is 38.1. The monoisotopic (exact) mass is 1400 g/mol. The van der Waals surface area contributed by atoms with Crippen molar-refractivity contribution in [1.82, 2.24) is 9.13 Å². The normalized spacial score (nSPS) is 13.6. The topological polar surface area (TPSA) is 36.1 Å². The van der Waals surface area contributed by atoms with Gasteiger partial charge in [-0.25, -0.2) is 0 Å². The number of fused-ring (bicyclic) bond motifs is 22. The van der Waals surface area contributed by atoms with E-state index in [2.05, 4.69) is 391 Å². The van der Waals surface area contributed by atoms with E-state index < -0.39 is 0 Å². The van der Waals surface area contributed by atoms with Crippen molar-refractivity contribution in [3.05, 3.63) is 422 Å². The second-order valence-corrected chi connectivity index (χ2v) is 29.7. The van der Waals surface area contributed by atoms with Gasteiger partial charge >= 0.3 is 0 Å². The van der Waals surface area contributed by atoms with Gasteiger partial charge in [-0.2, -0.15) is 0 Å². The average Bonchev–Trinajstić information content (AvgIpc) is 1.56. The van der Waals surface area contributed by atoms with E-state index in [4.69, 9.17) is 8.83 Å². The van der Waals surface area contributed by atoms with E-state index >= 15 is 0 Å². The summed E-state index contributed by atoms with van der Waals surface area (Å²) in [6.45, 7) is 0. The maximum atomic E-state index is 6.74. The van der Waals surface area contributed by atoms with E-state index in [0.29, 0.717) is 0 Å². The number of hydrogen-bond donors (Lipinski definition) is 0. The number of aromatic nitrogens is 2. The molecule has 0 bridgehead atoms. The predicted octanol–water partition coefficient (Wildman–Crippen LogP) is 28.7. The van der Waals surface area contributed by atoms with E-state index in [0.717, 1.165) is 49.9 Å². The molecule has 0 N–H and O–H groups in total. The third kappa shape index (κ3) is 9.72. The molecule has 4 heterocycles. The van der Waals surface area contributed by atoms with Gasteiger partial charge in [0.15, 0.2) is 0 Å². The molecule has 22 aromatic rings. The molecule has 4 nitrogen and oxygen atoms in total. The summed E-state index contributed by atoms with van der Waals surface area (Å²) < 4.78 is 18.0. The first-order chi connectivity index (χ1) is 54.5. The Balaban J connectivity index is 0.000000132. The zero-order chi connectivity index (χ0) is 72.1. The molecule has 0 fully saturated rings. The van der Waals surface area contributed by atoms with Crippen LogP contribution in [0.1, 0.15) is 45.2 Å². The molecule has 0 saturated heterocycles. The summed E-state index contributed by atoms with van der Waals surface area (Å²) in [4.78, 5) is 0. The smallest absolute Gasteiger partial charge is 0.143 e. The summed E-state index contributed by atoms with van der Waals surface area (Å²) in [6.07, 6.45) is 0. The molecule has 0 radical (unpaired) electrons. The van der Waals surface area contributed by atoms with Crippen molar-refractivity contribution in [2.75, 3.05) is 0 Å². The lowest BCUT2D eigenvalue weighted by Crippen LogP contribution is -1.99. The number of nitrogens with zero attached hydrogens (tertiary/aromatic N) is 2. The highest BCUT2D eigenvalue weighted by molar-refractivity contribution is 6.28. The van der Waals surface area contributed by atoms with Crippen LogP contribution in [0.3, 0.4) is 0 Å². The minimum Gasteiger partial charge on any atom is -0.456 e. The molecular weight excluding hydrogens is 1330 g/mol. The number of para-hydroxylation sites is 3. The Kier molecular flexibility index (Phi) is 13.9. The molecule has 0 aliphatic heterocycles. The van der Waals surface area contributed by atoms with Crippen molar-refractivity contribution >= 4 is 109 Å². The molecular formula is C106H66N2O2. The largest absolute Gasteiger partial charge is 0.456 e. The summed E-state index contributed by atoms with van der Waals surface area (Å²) in [7, 11) is 0. The van der Waals surface area contributed by atoms with Crippen molar-refractivity contribution < 1.29 is 8.83 Å². The van der Waals surface area contributed by atoms with Gasteiger partial charge in [0.2, 0.25) is 0 Å². The highest BCUT2D eigenvalue weighted by Crippen LogP contribution is 2.55. The highest BCUT2D eigenvalue weighted by Gasteiger charge is 2.35. The van der Waals surface area contributed by atoms with Gasteiger partial charge in [0, 0.05) is 71.9 Å². The molecule has 0 saturated carbocycles. The van der Waals surface area contributed by atoms with E-state index in [1.807, 2.05) is 6.07 Å². The van der Waals surface area contributed by atoms with E-state index in [9.17, 15) is 0 Å². The standard InChI is InChI=1S/C54H34O.C52H32N2O/c1-2-10-33(11-3-1)35-18-21-36(22-19-35)51-43-16-7-6-14-41(43)48-31-38(24-26-44(48)51)39-25-27-45-49(32-39)53-47(29-28-46-42-15-8-9-17-50(42)55-54(46)53)52(45)40-23-20-34-12-4-5-13-37(34)30-40;1-2-10-33(11-3-1)35-18-23-39(24-19-35)53-45-16-8-6-14-41(45)43-31-37(21-26-46(43)53)38-22-27-47-44(32-38)51-48(28-29-50-52(51)42-15-7-9-17-49(42)55-50)54(47)40-25-20-34-12-4-5-13-36(34)30-40/h1-32,51-52H;1-32H. The Morgan fingerprint density at radius 3 is 1.42 bits per heavy atom. The van der Waals surface area contributed by atoms with Crippen molar-refractivity contribution in [1.29, 1.82) is 0 Å². The van der Waals surface area contributed by atoms with Crippen LogP contribution >= 0.6 is 0 Å². The van der Waals surface area contributed by atoms with E-state index in [1.54, 1.807) is 0 Å². The summed E-state index contributed by atoms with van der Waals surface area (Å²) in [5.41, 5.74) is 33.6. The van der Waals surface area contributed by atoms with Gasteiger partial charge in [-0.3, -0.25) is 0 Å². The molecule has 0 amide bonds. The molecule has 18 aromatic carbocycles. The number of benzene rings is 18. The summed E-state index contributed by atoms with van der Waals surface area (Å²) >= 11 is 0. The Morgan fingerprint density at radius 1 is 0.209 bits per heavy atom. The average molecular weight is 1400 g/mol. The third-order valence-electron chi connectivity index (χ3n) is 23.7. The van der Waals surface area contributed by atoms with Gasteiger partial charge in [-0.05, 0) is 207 Å². The van der Waals surface area contributed by atoms with Crippen molar-refractivity contribution in [3.8, 4) is 78.1 Å². The molecule has 2 atom stereocenters. The Bertz CT molecular complexity index is 7520. The summed E-state index contributed by atoms with van der Waals surface area (Å²) in [5, 5.41) is 14.5. The first-order valence-corrected chi connectivity index (χ1v) is 38.1. The van der Waals surface area contributed by atoms with Crippen molar-refractivity contribution in [2.24, 2.45) is 0 Å². The van der Waals surface area contributed by atoms with Gasteiger partial charge in [0.1, 0.15) is 22.3 Å². The molecule has 0 spiro atoms. The van der Waals surface area contributed by atoms with Crippen LogP contribution < -0.4 is 0 Å². The van der Waals surface area contributed by atoms with Crippen LogP contribution in [-0.4, -0.2) is 9.13 Å². The van der Waals surface area contributed by atoms with E-state index in [-0.39, 0.29) is 11.8 Å². The summed E-state index contributed by atoms with van der Waals surface area (Å²) in [6, 6.07) is 142. The Morgan fingerprint density at radius 2 is 0.682 bits per heavy atom. The highest BCUT2D eigenvalue weighted by atomic mass is 16.3. The molecule has 24 rings (SSSR count). The SMILES string of the molecule is c1ccc(-c2ccc(-n3c4ccccc4c4cc(-c5ccc6c(c5)c5c7c(ccc5n6-c5ccc6ccccc6c5)oc5ccccc57)ccc43)cc2)cc1.c1ccc(-c2ccc(C3c4ccccc4-c4cc(-c5ccc6c(c5)-c5c(ccc7c5oc5ccccc57)C6c5ccc6ccccc6c5)ccc43)cc2)cc1. The van der Waals surface area contributed by atoms with Crippen LogP contribution in [0.2, 0.25) is 0 Å². The second-order valence-electron chi connectivity index (χ2n) is 29.7. The molecule has 2 aliphatic rings. The molecule has 110 heavy (non-hydrogen) atoms. The van der Waals surface area contributed by atoms with Crippen LogP contribution in [0, 0.1) is 0 Å². The van der Waals surface area contributed by atoms with Gasteiger partial charge in [-0.1, -0.05) is 297 Å². The fourth-order valence-corrected chi connectivity index (χ4v) is 18.6.